The van der Waals surface area contributed by atoms with Crippen molar-refractivity contribution >= 4 is 33.0 Å². The summed E-state index contributed by atoms with van der Waals surface area (Å²) in [6, 6.07) is 7.36. The first kappa shape index (κ1) is 19.6. The number of benzene rings is 1. The molecule has 2 N–H and O–H groups in total. The van der Waals surface area contributed by atoms with Crippen molar-refractivity contribution in [3.8, 4) is 0 Å². The van der Waals surface area contributed by atoms with Gasteiger partial charge in [0.2, 0.25) is 10.0 Å². The van der Waals surface area contributed by atoms with Gasteiger partial charge in [0.1, 0.15) is 0 Å². The van der Waals surface area contributed by atoms with Crippen LogP contribution < -0.4 is 10.6 Å². The molecular formula is C19H29N3O2S2. The summed E-state index contributed by atoms with van der Waals surface area (Å²) in [5, 5.41) is 7.08. The number of nitrogens with one attached hydrogen (secondary N) is 2. The molecule has 1 heterocycles. The normalized spacial score (nSPS) is 25.2. The Kier molecular flexibility index (Phi) is 6.20. The quantitative estimate of drug-likeness (QED) is 0.763. The van der Waals surface area contributed by atoms with Crippen LogP contribution in [-0.2, 0) is 10.0 Å². The van der Waals surface area contributed by atoms with Crippen molar-refractivity contribution in [2.75, 3.05) is 18.4 Å². The molecule has 1 aromatic rings. The summed E-state index contributed by atoms with van der Waals surface area (Å²) in [7, 11) is -3.43. The topological polar surface area (TPSA) is 61.4 Å². The summed E-state index contributed by atoms with van der Waals surface area (Å²) < 4.78 is 27.4. The Hall–Kier alpha value is -1.18. The highest BCUT2D eigenvalue weighted by Gasteiger charge is 2.31. The van der Waals surface area contributed by atoms with Crippen molar-refractivity contribution in [3.05, 3.63) is 24.3 Å². The number of rotatable bonds is 4. The highest BCUT2D eigenvalue weighted by Crippen LogP contribution is 2.27. The Labute approximate surface area is 162 Å². The molecule has 2 fully saturated rings. The molecule has 1 aliphatic heterocycles. The second kappa shape index (κ2) is 8.23. The van der Waals surface area contributed by atoms with Gasteiger partial charge in [-0.05, 0) is 67.6 Å². The minimum Gasteiger partial charge on any atom is -0.360 e. The molecule has 1 aliphatic carbocycles. The number of piperidine rings is 1. The highest BCUT2D eigenvalue weighted by atomic mass is 32.2. The minimum atomic E-state index is -3.43. The summed E-state index contributed by atoms with van der Waals surface area (Å²) in [6.07, 6.45) is 5.90. The van der Waals surface area contributed by atoms with Crippen molar-refractivity contribution in [1.29, 1.82) is 0 Å². The number of anilines is 1. The number of nitrogens with zero attached hydrogens (tertiary/aromatic N) is 1. The van der Waals surface area contributed by atoms with E-state index in [0.717, 1.165) is 24.9 Å². The summed E-state index contributed by atoms with van der Waals surface area (Å²) in [5.74, 6) is 0.794. The summed E-state index contributed by atoms with van der Waals surface area (Å²) in [4.78, 5) is 0.346. The van der Waals surface area contributed by atoms with Crippen molar-refractivity contribution in [2.24, 2.45) is 11.8 Å². The third-order valence-electron chi connectivity index (χ3n) is 5.28. The first-order valence-electron chi connectivity index (χ1n) is 9.52. The number of thiocarbonyl (C=S) groups is 1. The van der Waals surface area contributed by atoms with E-state index in [1.54, 1.807) is 28.6 Å². The number of hydrogen-bond acceptors (Lipinski definition) is 3. The fourth-order valence-corrected chi connectivity index (χ4v) is 6.05. The van der Waals surface area contributed by atoms with Crippen molar-refractivity contribution in [1.82, 2.24) is 9.62 Å². The van der Waals surface area contributed by atoms with Crippen LogP contribution in [0.1, 0.15) is 46.0 Å². The molecular weight excluding hydrogens is 366 g/mol. The van der Waals surface area contributed by atoms with Gasteiger partial charge in [0, 0.05) is 24.8 Å². The van der Waals surface area contributed by atoms with Gasteiger partial charge in [0.15, 0.2) is 5.11 Å². The molecule has 144 valence electrons. The molecule has 7 heteroatoms. The van der Waals surface area contributed by atoms with Crippen LogP contribution in [0.5, 0.6) is 0 Å². The largest absolute Gasteiger partial charge is 0.360 e. The zero-order valence-electron chi connectivity index (χ0n) is 15.6. The van der Waals surface area contributed by atoms with Crippen molar-refractivity contribution in [2.45, 2.75) is 56.9 Å². The van der Waals surface area contributed by atoms with Crippen molar-refractivity contribution in [3.63, 3.8) is 0 Å². The van der Waals surface area contributed by atoms with Gasteiger partial charge in [-0.25, -0.2) is 8.42 Å². The Balaban J connectivity index is 1.63. The fraction of sp³-hybridized carbons (Fsp3) is 0.632. The van der Waals surface area contributed by atoms with Crippen LogP contribution in [0.2, 0.25) is 0 Å². The molecule has 1 saturated carbocycles. The third-order valence-corrected chi connectivity index (χ3v) is 7.34. The van der Waals surface area contributed by atoms with Gasteiger partial charge in [0.25, 0.3) is 0 Å². The summed E-state index contributed by atoms with van der Waals surface area (Å²) in [6.45, 7) is 5.43. The number of hydrogen-bond donors (Lipinski definition) is 2. The lowest BCUT2D eigenvalue weighted by Crippen LogP contribution is -2.42. The van der Waals surface area contributed by atoms with E-state index in [-0.39, 0.29) is 0 Å². The lowest BCUT2D eigenvalue weighted by atomic mass is 9.94. The second-order valence-electron chi connectivity index (χ2n) is 7.87. The van der Waals surface area contributed by atoms with Gasteiger partial charge in [-0.3, -0.25) is 0 Å². The van der Waals surface area contributed by atoms with E-state index in [0.29, 0.717) is 41.0 Å². The van der Waals surface area contributed by atoms with Crippen LogP contribution in [0.4, 0.5) is 5.69 Å². The average Bonchev–Trinajstić information content (AvgIpc) is 3.07. The van der Waals surface area contributed by atoms with E-state index in [2.05, 4.69) is 24.5 Å². The average molecular weight is 396 g/mol. The van der Waals surface area contributed by atoms with E-state index < -0.39 is 10.0 Å². The smallest absolute Gasteiger partial charge is 0.243 e. The molecule has 3 rings (SSSR count). The molecule has 26 heavy (non-hydrogen) atoms. The second-order valence-corrected chi connectivity index (χ2v) is 10.2. The monoisotopic (exact) mass is 395 g/mol. The molecule has 0 bridgehead atoms. The van der Waals surface area contributed by atoms with Gasteiger partial charge in [-0.2, -0.15) is 4.31 Å². The molecule has 1 aromatic carbocycles. The van der Waals surface area contributed by atoms with Crippen LogP contribution in [-0.4, -0.2) is 37.0 Å². The van der Waals surface area contributed by atoms with Gasteiger partial charge in [-0.1, -0.05) is 26.7 Å². The van der Waals surface area contributed by atoms with Gasteiger partial charge >= 0.3 is 0 Å². The van der Waals surface area contributed by atoms with E-state index in [1.165, 1.54) is 12.8 Å². The molecule has 0 amide bonds. The predicted molar refractivity (Wildman–Crippen MR) is 110 cm³/mol. The zero-order valence-corrected chi connectivity index (χ0v) is 17.2. The minimum absolute atomic E-state index is 0.346. The van der Waals surface area contributed by atoms with Crippen LogP contribution in [0.15, 0.2) is 29.2 Å². The Morgan fingerprint density at radius 3 is 2.23 bits per heavy atom. The van der Waals surface area contributed by atoms with Crippen LogP contribution >= 0.6 is 12.2 Å². The van der Waals surface area contributed by atoms with Crippen LogP contribution in [0, 0.1) is 11.8 Å². The van der Waals surface area contributed by atoms with Gasteiger partial charge in [0.05, 0.1) is 4.90 Å². The SMILES string of the molecule is C[C@@H]1C[C@@H](C)CN(S(=O)(=O)c2ccc(NC(=S)NC3CCCC3)cc2)C1. The van der Waals surface area contributed by atoms with Crippen LogP contribution in [0.3, 0.4) is 0 Å². The molecule has 5 nitrogen and oxygen atoms in total. The Bertz CT molecular complexity index is 718. The van der Waals surface area contributed by atoms with Gasteiger partial charge in [-0.15, -0.1) is 0 Å². The van der Waals surface area contributed by atoms with E-state index in [9.17, 15) is 8.42 Å². The summed E-state index contributed by atoms with van der Waals surface area (Å²) >= 11 is 5.36. The fourth-order valence-electron chi connectivity index (χ4n) is 4.08. The first-order chi connectivity index (χ1) is 12.3. The Morgan fingerprint density at radius 2 is 1.65 bits per heavy atom. The van der Waals surface area contributed by atoms with Gasteiger partial charge < -0.3 is 10.6 Å². The van der Waals surface area contributed by atoms with E-state index in [4.69, 9.17) is 12.2 Å². The lowest BCUT2D eigenvalue weighted by Gasteiger charge is -2.34. The maximum Gasteiger partial charge on any atom is 0.243 e. The van der Waals surface area contributed by atoms with Crippen LogP contribution in [0.25, 0.3) is 0 Å². The van der Waals surface area contributed by atoms with E-state index in [1.807, 2.05) is 0 Å². The maximum atomic E-state index is 12.9. The third kappa shape index (κ3) is 4.75. The maximum absolute atomic E-state index is 12.9. The lowest BCUT2D eigenvalue weighted by molar-refractivity contribution is 0.222. The highest BCUT2D eigenvalue weighted by molar-refractivity contribution is 7.89. The molecule has 0 aromatic heterocycles. The number of sulfonamides is 1. The Morgan fingerprint density at radius 1 is 1.08 bits per heavy atom. The molecule has 0 spiro atoms. The predicted octanol–water partition coefficient (Wildman–Crippen LogP) is 3.58. The molecule has 0 radical (unpaired) electrons. The first-order valence-corrected chi connectivity index (χ1v) is 11.4. The molecule has 0 unspecified atom stereocenters. The van der Waals surface area contributed by atoms with Crippen molar-refractivity contribution < 1.29 is 8.42 Å². The van der Waals surface area contributed by atoms with E-state index >= 15 is 0 Å². The summed E-state index contributed by atoms with van der Waals surface area (Å²) in [5.41, 5.74) is 0.805. The molecule has 2 aliphatic rings. The molecule has 1 saturated heterocycles. The standard InChI is InChI=1S/C19H29N3O2S2/c1-14-11-15(2)13-22(12-14)26(23,24)18-9-7-17(8-10-18)21-19(25)20-16-5-3-4-6-16/h7-10,14-16H,3-6,11-13H2,1-2H3,(H2,20,21,25)/t14-,15-/m1/s1. The molecule has 2 atom stereocenters. The zero-order chi connectivity index (χ0) is 18.7.